The molecule has 3 N–H and O–H groups in total. The lowest BCUT2D eigenvalue weighted by Gasteiger charge is -2.31. The van der Waals surface area contributed by atoms with Gasteiger partial charge in [-0.3, -0.25) is 29.6 Å². The quantitative estimate of drug-likeness (QED) is 0.624. The van der Waals surface area contributed by atoms with Crippen LogP contribution in [0.2, 0.25) is 0 Å². The lowest BCUT2D eigenvalue weighted by molar-refractivity contribution is -0.141. The third kappa shape index (κ3) is 3.90. The lowest BCUT2D eigenvalue weighted by atomic mass is 9.85. The molecule has 2 aliphatic heterocycles. The van der Waals surface area contributed by atoms with Crippen LogP contribution in [-0.2, 0) is 14.4 Å². The van der Waals surface area contributed by atoms with E-state index in [9.17, 15) is 19.2 Å². The van der Waals surface area contributed by atoms with E-state index in [1.807, 2.05) is 35.2 Å². The first-order chi connectivity index (χ1) is 15.5. The summed E-state index contributed by atoms with van der Waals surface area (Å²) in [6.07, 6.45) is 4.20. The maximum absolute atomic E-state index is 13.3. The van der Waals surface area contributed by atoms with E-state index < -0.39 is 17.7 Å². The number of hydrogen-bond donors (Lipinski definition) is 3. The maximum atomic E-state index is 13.3. The van der Waals surface area contributed by atoms with Gasteiger partial charge in [-0.25, -0.2) is 0 Å². The Balaban J connectivity index is 1.25. The van der Waals surface area contributed by atoms with Crippen LogP contribution in [0.25, 0.3) is 11.3 Å². The summed E-state index contributed by atoms with van der Waals surface area (Å²) >= 11 is 0. The Morgan fingerprint density at radius 3 is 2.66 bits per heavy atom. The van der Waals surface area contributed by atoms with E-state index >= 15 is 0 Å². The van der Waals surface area contributed by atoms with Crippen molar-refractivity contribution in [1.82, 2.24) is 25.7 Å². The monoisotopic (exact) mass is 435 g/mol. The molecule has 3 heterocycles. The number of hydrogen-bond acceptors (Lipinski definition) is 5. The number of carbonyl (C=O) groups excluding carboxylic acids is 4. The molecule has 9 nitrogen and oxygen atoms in total. The van der Waals surface area contributed by atoms with Crippen LogP contribution in [0.5, 0.6) is 0 Å². The minimum Gasteiger partial charge on any atom is -0.353 e. The van der Waals surface area contributed by atoms with Crippen molar-refractivity contribution in [3.8, 4) is 11.3 Å². The molecule has 0 spiro atoms. The van der Waals surface area contributed by atoms with E-state index in [2.05, 4.69) is 20.8 Å². The highest BCUT2D eigenvalue weighted by Gasteiger charge is 2.44. The number of nitrogens with zero attached hydrogens (tertiary/aromatic N) is 2. The summed E-state index contributed by atoms with van der Waals surface area (Å²) in [7, 11) is 0. The molecule has 1 aliphatic carbocycles. The fourth-order valence-corrected chi connectivity index (χ4v) is 5.23. The number of nitrogens with one attached hydrogen (secondary N) is 3. The molecule has 1 saturated carbocycles. The van der Waals surface area contributed by atoms with Crippen molar-refractivity contribution in [2.24, 2.45) is 11.8 Å². The molecule has 1 aromatic carbocycles. The van der Waals surface area contributed by atoms with Gasteiger partial charge in [0, 0.05) is 48.8 Å². The first-order valence-electron chi connectivity index (χ1n) is 11.0. The summed E-state index contributed by atoms with van der Waals surface area (Å²) in [5, 5.41) is 12.2. The molecule has 2 aromatic rings. The smallest absolute Gasteiger partial charge is 0.254 e. The van der Waals surface area contributed by atoms with Crippen molar-refractivity contribution in [3.05, 3.63) is 42.1 Å². The Labute approximate surface area is 184 Å². The number of aromatic amines is 1. The average Bonchev–Trinajstić information content (AvgIpc) is 3.43. The molecular formula is C23H25N5O4. The molecule has 1 aromatic heterocycles. The second kappa shape index (κ2) is 8.22. The van der Waals surface area contributed by atoms with Gasteiger partial charge < -0.3 is 10.2 Å². The summed E-state index contributed by atoms with van der Waals surface area (Å²) in [6, 6.07) is 9.50. The number of carbonyl (C=O) groups is 4. The van der Waals surface area contributed by atoms with Crippen molar-refractivity contribution < 1.29 is 19.2 Å². The van der Waals surface area contributed by atoms with Crippen LogP contribution in [0.1, 0.15) is 42.5 Å². The highest BCUT2D eigenvalue weighted by Crippen LogP contribution is 2.37. The predicted octanol–water partition coefficient (Wildman–Crippen LogP) is 1.24. The number of aromatic nitrogens is 2. The van der Waals surface area contributed by atoms with Gasteiger partial charge in [-0.05, 0) is 43.4 Å². The molecule has 3 fully saturated rings. The Bertz CT molecular complexity index is 1050. The zero-order valence-electron chi connectivity index (χ0n) is 17.5. The van der Waals surface area contributed by atoms with Gasteiger partial charge >= 0.3 is 0 Å². The summed E-state index contributed by atoms with van der Waals surface area (Å²) in [6.45, 7) is 0.590. The topological polar surface area (TPSA) is 124 Å². The Morgan fingerprint density at radius 1 is 1.09 bits per heavy atom. The van der Waals surface area contributed by atoms with Gasteiger partial charge in [-0.15, -0.1) is 0 Å². The van der Waals surface area contributed by atoms with Crippen molar-refractivity contribution in [2.75, 3.05) is 6.54 Å². The summed E-state index contributed by atoms with van der Waals surface area (Å²) in [5.41, 5.74) is 2.40. The largest absolute Gasteiger partial charge is 0.353 e. The van der Waals surface area contributed by atoms with Gasteiger partial charge in [0.1, 0.15) is 0 Å². The zero-order valence-corrected chi connectivity index (χ0v) is 17.5. The minimum atomic E-state index is -0.613. The number of fused-ring (bicyclic) bond motifs is 2. The van der Waals surface area contributed by atoms with Gasteiger partial charge in [-0.1, -0.05) is 12.1 Å². The zero-order chi connectivity index (χ0) is 22.2. The highest BCUT2D eigenvalue weighted by atomic mass is 16.2. The fraction of sp³-hybridized carbons (Fsp3) is 0.435. The number of piperidine rings is 1. The highest BCUT2D eigenvalue weighted by molar-refractivity contribution is 6.02. The second-order valence-electron chi connectivity index (χ2n) is 8.93. The van der Waals surface area contributed by atoms with E-state index in [4.69, 9.17) is 0 Å². The first kappa shape index (κ1) is 20.4. The van der Waals surface area contributed by atoms with E-state index in [-0.39, 0.29) is 42.7 Å². The van der Waals surface area contributed by atoms with Crippen molar-refractivity contribution in [1.29, 1.82) is 0 Å². The van der Waals surface area contributed by atoms with E-state index in [1.54, 1.807) is 6.20 Å². The average molecular weight is 435 g/mol. The molecule has 5 rings (SSSR count). The first-order valence-corrected chi connectivity index (χ1v) is 11.0. The Morgan fingerprint density at radius 2 is 1.91 bits per heavy atom. The summed E-state index contributed by atoms with van der Waals surface area (Å²) in [4.78, 5) is 51.1. The van der Waals surface area contributed by atoms with E-state index in [0.29, 0.717) is 12.1 Å². The molecule has 3 aliphatic rings. The number of benzene rings is 1. The van der Waals surface area contributed by atoms with Crippen molar-refractivity contribution in [3.63, 3.8) is 0 Å². The SMILES string of the molecule is O=C1CC(C(=O)NC2CCC3CC2CN3C(=O)c2cccc(-c3ccn[nH]3)c2)CC(=O)N1. The van der Waals surface area contributed by atoms with E-state index in [0.717, 1.165) is 30.5 Å². The van der Waals surface area contributed by atoms with Crippen LogP contribution in [-0.4, -0.2) is 57.4 Å². The molecular weight excluding hydrogens is 410 g/mol. The Hall–Kier alpha value is -3.49. The third-order valence-corrected chi connectivity index (χ3v) is 6.85. The molecule has 3 unspecified atom stereocenters. The van der Waals surface area contributed by atoms with Crippen LogP contribution in [0, 0.1) is 11.8 Å². The van der Waals surface area contributed by atoms with Gasteiger partial charge in [0.05, 0.1) is 11.6 Å². The van der Waals surface area contributed by atoms with Crippen LogP contribution >= 0.6 is 0 Å². The fourth-order valence-electron chi connectivity index (χ4n) is 5.23. The normalized spacial score (nSPS) is 25.5. The molecule has 9 heteroatoms. The lowest BCUT2D eigenvalue weighted by Crippen LogP contribution is -2.49. The number of H-pyrrole nitrogens is 1. The van der Waals surface area contributed by atoms with Gasteiger partial charge in [0.25, 0.3) is 5.91 Å². The molecule has 166 valence electrons. The van der Waals surface area contributed by atoms with Crippen LogP contribution in [0.4, 0.5) is 0 Å². The summed E-state index contributed by atoms with van der Waals surface area (Å²) in [5.74, 6) is -1.49. The molecule has 0 radical (unpaired) electrons. The molecule has 2 saturated heterocycles. The number of amides is 4. The molecule has 2 bridgehead atoms. The summed E-state index contributed by atoms with van der Waals surface area (Å²) < 4.78 is 0. The Kier molecular flexibility index (Phi) is 5.24. The van der Waals surface area contributed by atoms with Gasteiger partial charge in [0.2, 0.25) is 17.7 Å². The molecule has 4 amide bonds. The van der Waals surface area contributed by atoms with Crippen LogP contribution in [0.15, 0.2) is 36.5 Å². The number of imide groups is 1. The second-order valence-corrected chi connectivity index (χ2v) is 8.93. The molecule has 32 heavy (non-hydrogen) atoms. The van der Waals surface area contributed by atoms with Crippen LogP contribution < -0.4 is 10.6 Å². The standard InChI is InChI=1S/C23H25N5O4/c29-20-10-15(11-21(30)26-20)22(31)25-18-5-4-17-9-16(18)12-28(17)23(32)14-3-1-2-13(8-14)19-6-7-24-27-19/h1-3,6-8,15-18H,4-5,9-12H2,(H,24,27)(H,25,31)(H,26,29,30). The van der Waals surface area contributed by atoms with Gasteiger partial charge in [-0.2, -0.15) is 5.10 Å². The number of rotatable bonds is 4. The predicted molar refractivity (Wildman–Crippen MR) is 114 cm³/mol. The number of likely N-dealkylation sites (tertiary alicyclic amines) is 1. The van der Waals surface area contributed by atoms with E-state index in [1.165, 1.54) is 0 Å². The van der Waals surface area contributed by atoms with Crippen molar-refractivity contribution >= 4 is 23.6 Å². The maximum Gasteiger partial charge on any atom is 0.254 e. The molecule has 3 atom stereocenters. The van der Waals surface area contributed by atoms with Crippen molar-refractivity contribution in [2.45, 2.75) is 44.2 Å². The van der Waals surface area contributed by atoms with Gasteiger partial charge in [0.15, 0.2) is 0 Å². The minimum absolute atomic E-state index is 0.000361. The van der Waals surface area contributed by atoms with Crippen LogP contribution in [0.3, 0.4) is 0 Å². The third-order valence-electron chi connectivity index (χ3n) is 6.85.